The van der Waals surface area contributed by atoms with E-state index in [2.05, 4.69) is 5.32 Å². The van der Waals surface area contributed by atoms with Crippen molar-refractivity contribution in [2.24, 2.45) is 5.92 Å². The third-order valence-corrected chi connectivity index (χ3v) is 7.66. The van der Waals surface area contributed by atoms with Gasteiger partial charge in [-0.3, -0.25) is 0 Å². The second-order valence-corrected chi connectivity index (χ2v) is 10.2. The number of amides is 2. The van der Waals surface area contributed by atoms with Crippen molar-refractivity contribution in [3.63, 3.8) is 0 Å². The Morgan fingerprint density at radius 1 is 1.18 bits per heavy atom. The van der Waals surface area contributed by atoms with E-state index in [-0.39, 0.29) is 29.1 Å². The van der Waals surface area contributed by atoms with Crippen LogP contribution in [0.3, 0.4) is 0 Å². The highest BCUT2D eigenvalue weighted by atomic mass is 32.2. The maximum Gasteiger partial charge on any atom is 0.317 e. The van der Waals surface area contributed by atoms with Crippen LogP contribution < -0.4 is 10.1 Å². The molecule has 1 saturated heterocycles. The number of carbonyl (C=O) groups is 1. The van der Waals surface area contributed by atoms with Gasteiger partial charge in [-0.15, -0.1) is 0 Å². The van der Waals surface area contributed by atoms with Gasteiger partial charge in [-0.25, -0.2) is 13.2 Å². The number of hydrogen-bond donors (Lipinski definition) is 1. The Morgan fingerprint density at radius 2 is 1.89 bits per heavy atom. The fourth-order valence-electron chi connectivity index (χ4n) is 4.09. The second kappa shape index (κ2) is 7.55. The Labute approximate surface area is 167 Å². The zero-order chi connectivity index (χ0) is 19.9. The number of sulfonamides is 1. The predicted molar refractivity (Wildman–Crippen MR) is 106 cm³/mol. The van der Waals surface area contributed by atoms with Gasteiger partial charge < -0.3 is 15.0 Å². The van der Waals surface area contributed by atoms with Crippen LogP contribution in [0.4, 0.5) is 4.79 Å². The quantitative estimate of drug-likeness (QED) is 0.835. The molecule has 0 radical (unpaired) electrons. The van der Waals surface area contributed by atoms with Crippen molar-refractivity contribution in [3.8, 4) is 5.75 Å². The number of nitrogens with zero attached hydrogens (tertiary/aromatic N) is 2. The van der Waals surface area contributed by atoms with Crippen molar-refractivity contribution >= 4 is 16.1 Å². The lowest BCUT2D eigenvalue weighted by molar-refractivity contribution is 0.111. The summed E-state index contributed by atoms with van der Waals surface area (Å²) in [4.78, 5) is 14.5. The molecular formula is C20H29N3O4S. The van der Waals surface area contributed by atoms with Gasteiger partial charge in [0.05, 0.1) is 6.04 Å². The van der Waals surface area contributed by atoms with Crippen molar-refractivity contribution in [2.75, 3.05) is 19.6 Å². The van der Waals surface area contributed by atoms with E-state index >= 15 is 0 Å². The molecule has 0 spiro atoms. The molecule has 1 aromatic carbocycles. The molecule has 1 aromatic rings. The zero-order valence-corrected chi connectivity index (χ0v) is 17.3. The first-order valence-electron chi connectivity index (χ1n) is 10.2. The Balaban J connectivity index is 1.64. The lowest BCUT2D eigenvalue weighted by Gasteiger charge is -2.31. The molecule has 8 heteroatoms. The minimum absolute atomic E-state index is 0.0658. The first kappa shape index (κ1) is 19.5. The van der Waals surface area contributed by atoms with E-state index in [9.17, 15) is 13.2 Å². The number of para-hydroxylation sites is 1. The molecule has 4 rings (SSSR count). The fraction of sp³-hybridized carbons (Fsp3) is 0.650. The first-order chi connectivity index (χ1) is 13.4. The van der Waals surface area contributed by atoms with Crippen molar-refractivity contribution < 1.29 is 17.9 Å². The molecule has 2 heterocycles. The summed E-state index contributed by atoms with van der Waals surface area (Å²) in [7, 11) is -3.63. The SMILES string of the molecule is CC(C)NC(=O)N1CC[C@@H]2Oc3ccccc3S(=O)(=O)N(CC3CC3)[C@@H]2CC1. The maximum absolute atomic E-state index is 13.5. The van der Waals surface area contributed by atoms with Gasteiger partial charge in [-0.1, -0.05) is 12.1 Å². The monoisotopic (exact) mass is 407 g/mol. The molecule has 1 N–H and O–H groups in total. The van der Waals surface area contributed by atoms with Crippen molar-refractivity contribution in [1.29, 1.82) is 0 Å². The molecular weight excluding hydrogens is 378 g/mol. The summed E-state index contributed by atoms with van der Waals surface area (Å²) >= 11 is 0. The molecule has 1 aliphatic carbocycles. The number of likely N-dealkylation sites (tertiary alicyclic amines) is 1. The minimum atomic E-state index is -3.63. The number of carbonyl (C=O) groups excluding carboxylic acids is 1. The summed E-state index contributed by atoms with van der Waals surface area (Å²) in [6.45, 7) is 5.49. The van der Waals surface area contributed by atoms with Gasteiger partial charge in [0, 0.05) is 32.1 Å². The highest BCUT2D eigenvalue weighted by Gasteiger charge is 2.45. The summed E-state index contributed by atoms with van der Waals surface area (Å²) in [5.41, 5.74) is 0. The van der Waals surface area contributed by atoms with E-state index in [1.807, 2.05) is 13.8 Å². The molecule has 0 bridgehead atoms. The third kappa shape index (κ3) is 3.85. The summed E-state index contributed by atoms with van der Waals surface area (Å²) < 4.78 is 34.8. The molecule has 2 aliphatic heterocycles. The van der Waals surface area contributed by atoms with E-state index in [1.54, 1.807) is 33.5 Å². The van der Waals surface area contributed by atoms with E-state index in [1.165, 1.54) is 0 Å². The van der Waals surface area contributed by atoms with Crippen LogP contribution in [0.5, 0.6) is 5.75 Å². The minimum Gasteiger partial charge on any atom is -0.487 e. The largest absolute Gasteiger partial charge is 0.487 e. The lowest BCUT2D eigenvalue weighted by Crippen LogP contribution is -2.48. The smallest absolute Gasteiger partial charge is 0.317 e. The number of fused-ring (bicyclic) bond motifs is 2. The van der Waals surface area contributed by atoms with E-state index in [4.69, 9.17) is 4.74 Å². The third-order valence-electron chi connectivity index (χ3n) is 5.73. The number of nitrogens with one attached hydrogen (secondary N) is 1. The van der Waals surface area contributed by atoms with Gasteiger partial charge >= 0.3 is 6.03 Å². The molecule has 28 heavy (non-hydrogen) atoms. The fourth-order valence-corrected chi connectivity index (χ4v) is 5.96. The number of rotatable bonds is 3. The molecule has 7 nitrogen and oxygen atoms in total. The number of benzene rings is 1. The second-order valence-electron chi connectivity index (χ2n) is 8.36. The summed E-state index contributed by atoms with van der Waals surface area (Å²) in [5, 5.41) is 2.93. The van der Waals surface area contributed by atoms with Crippen molar-refractivity contribution in [2.45, 2.75) is 62.6 Å². The molecule has 154 valence electrons. The normalized spacial score (nSPS) is 27.2. The number of ether oxygens (including phenoxy) is 1. The lowest BCUT2D eigenvalue weighted by atomic mass is 10.1. The van der Waals surface area contributed by atoms with Gasteiger partial charge in [-0.05, 0) is 51.2 Å². The van der Waals surface area contributed by atoms with E-state index in [0.717, 1.165) is 12.8 Å². The molecule has 2 amide bonds. The van der Waals surface area contributed by atoms with E-state index in [0.29, 0.717) is 44.1 Å². The Hall–Kier alpha value is -1.80. The average molecular weight is 408 g/mol. The van der Waals surface area contributed by atoms with Crippen LogP contribution in [0.25, 0.3) is 0 Å². The Kier molecular flexibility index (Phi) is 5.26. The van der Waals surface area contributed by atoms with Crippen LogP contribution in [0.15, 0.2) is 29.2 Å². The van der Waals surface area contributed by atoms with Crippen molar-refractivity contribution in [1.82, 2.24) is 14.5 Å². The summed E-state index contributed by atoms with van der Waals surface area (Å²) in [5.74, 6) is 0.861. The molecule has 0 unspecified atom stereocenters. The van der Waals surface area contributed by atoms with Gasteiger partial charge in [0.15, 0.2) is 0 Å². The first-order valence-corrected chi connectivity index (χ1v) is 11.6. The van der Waals surface area contributed by atoms with Crippen LogP contribution in [-0.4, -0.2) is 61.5 Å². The Bertz CT molecular complexity index is 838. The topological polar surface area (TPSA) is 79.0 Å². The number of urea groups is 1. The van der Waals surface area contributed by atoms with Gasteiger partial charge in [0.2, 0.25) is 10.0 Å². The zero-order valence-electron chi connectivity index (χ0n) is 16.5. The molecule has 0 aromatic heterocycles. The van der Waals surface area contributed by atoms with Gasteiger partial charge in [0.25, 0.3) is 0 Å². The Morgan fingerprint density at radius 3 is 2.61 bits per heavy atom. The predicted octanol–water partition coefficient (Wildman–Crippen LogP) is 2.43. The highest BCUT2D eigenvalue weighted by molar-refractivity contribution is 7.89. The molecule has 1 saturated carbocycles. The van der Waals surface area contributed by atoms with Crippen LogP contribution >= 0.6 is 0 Å². The highest BCUT2D eigenvalue weighted by Crippen LogP contribution is 2.39. The van der Waals surface area contributed by atoms with Crippen LogP contribution in [0, 0.1) is 5.92 Å². The van der Waals surface area contributed by atoms with Gasteiger partial charge in [-0.2, -0.15) is 4.31 Å². The van der Waals surface area contributed by atoms with Crippen LogP contribution in [-0.2, 0) is 10.0 Å². The maximum atomic E-state index is 13.5. The average Bonchev–Trinajstić information content (AvgIpc) is 3.46. The molecule has 2 atom stereocenters. The number of hydrogen-bond acceptors (Lipinski definition) is 4. The molecule has 3 aliphatic rings. The standard InChI is InChI=1S/C20H29N3O4S/c1-14(2)21-20(24)22-11-9-16-17(10-12-22)27-18-5-3-4-6-19(18)28(25,26)23(16)13-15-7-8-15/h3-6,14-17H,7-13H2,1-2H3,(H,21,24)/t16-,17+/m1/s1. The van der Waals surface area contributed by atoms with Gasteiger partial charge in [0.1, 0.15) is 16.7 Å². The van der Waals surface area contributed by atoms with Crippen molar-refractivity contribution in [3.05, 3.63) is 24.3 Å². The summed E-state index contributed by atoms with van der Waals surface area (Å²) in [6, 6.07) is 6.64. The summed E-state index contributed by atoms with van der Waals surface area (Å²) in [6.07, 6.45) is 3.09. The van der Waals surface area contributed by atoms with Crippen LogP contribution in [0.1, 0.15) is 39.5 Å². The van der Waals surface area contributed by atoms with E-state index < -0.39 is 10.0 Å². The molecule has 2 fully saturated rings. The van der Waals surface area contributed by atoms with Crippen LogP contribution in [0.2, 0.25) is 0 Å².